The van der Waals surface area contributed by atoms with Gasteiger partial charge < -0.3 is 5.32 Å². The fourth-order valence-corrected chi connectivity index (χ4v) is 0.838. The van der Waals surface area contributed by atoms with Crippen molar-refractivity contribution >= 4 is 5.82 Å². The van der Waals surface area contributed by atoms with E-state index < -0.39 is 0 Å². The van der Waals surface area contributed by atoms with Crippen molar-refractivity contribution in [3.63, 3.8) is 0 Å². The standard InChI is InChI=1S/C8H9N3/c1-6-3-4-7(5-9)8(10-2)11-6/h3-4H,1-2H3,(H,10,11). The predicted octanol–water partition coefficient (Wildman–Crippen LogP) is 1.30. The summed E-state index contributed by atoms with van der Waals surface area (Å²) in [5.41, 5.74) is 1.49. The summed E-state index contributed by atoms with van der Waals surface area (Å²) in [6.07, 6.45) is 0. The number of aryl methyl sites for hydroxylation is 1. The van der Waals surface area contributed by atoms with Gasteiger partial charge in [-0.25, -0.2) is 4.98 Å². The first-order valence-corrected chi connectivity index (χ1v) is 3.33. The molecule has 0 atom stereocenters. The molecule has 0 unspecified atom stereocenters. The fraction of sp³-hybridized carbons (Fsp3) is 0.250. The van der Waals surface area contributed by atoms with Gasteiger partial charge in [0.2, 0.25) is 0 Å². The Morgan fingerprint density at radius 2 is 2.27 bits per heavy atom. The topological polar surface area (TPSA) is 48.7 Å². The number of hydrogen-bond acceptors (Lipinski definition) is 3. The number of anilines is 1. The molecule has 0 bridgehead atoms. The maximum atomic E-state index is 8.61. The molecule has 0 aliphatic rings. The maximum absolute atomic E-state index is 8.61. The van der Waals surface area contributed by atoms with E-state index in [9.17, 15) is 0 Å². The number of rotatable bonds is 1. The molecule has 0 radical (unpaired) electrons. The quantitative estimate of drug-likeness (QED) is 0.651. The number of hydrogen-bond donors (Lipinski definition) is 1. The third-order valence-corrected chi connectivity index (χ3v) is 1.39. The summed E-state index contributed by atoms with van der Waals surface area (Å²) in [6.45, 7) is 1.89. The lowest BCUT2D eigenvalue weighted by molar-refractivity contribution is 1.18. The lowest BCUT2D eigenvalue weighted by Crippen LogP contribution is -1.96. The van der Waals surface area contributed by atoms with Crippen LogP contribution in [-0.2, 0) is 0 Å². The average molecular weight is 147 g/mol. The Hall–Kier alpha value is -1.56. The van der Waals surface area contributed by atoms with Crippen LogP contribution in [0, 0.1) is 18.3 Å². The first-order valence-electron chi connectivity index (χ1n) is 3.33. The third-order valence-electron chi connectivity index (χ3n) is 1.39. The minimum Gasteiger partial charge on any atom is -0.372 e. The minimum absolute atomic E-state index is 0.582. The summed E-state index contributed by atoms with van der Waals surface area (Å²) >= 11 is 0. The Morgan fingerprint density at radius 3 is 2.82 bits per heavy atom. The maximum Gasteiger partial charge on any atom is 0.143 e. The molecule has 0 amide bonds. The Balaban J connectivity index is 3.19. The normalized spacial score (nSPS) is 8.82. The zero-order chi connectivity index (χ0) is 8.27. The second kappa shape index (κ2) is 3.02. The van der Waals surface area contributed by atoms with Gasteiger partial charge >= 0.3 is 0 Å². The molecular formula is C8H9N3. The van der Waals surface area contributed by atoms with Gasteiger partial charge in [0.1, 0.15) is 11.9 Å². The molecule has 0 aromatic carbocycles. The van der Waals surface area contributed by atoms with Crippen LogP contribution in [0.1, 0.15) is 11.3 Å². The molecular weight excluding hydrogens is 138 g/mol. The second-order valence-corrected chi connectivity index (χ2v) is 2.21. The van der Waals surface area contributed by atoms with E-state index in [1.807, 2.05) is 19.1 Å². The van der Waals surface area contributed by atoms with E-state index in [2.05, 4.69) is 10.3 Å². The van der Waals surface area contributed by atoms with Crippen LogP contribution >= 0.6 is 0 Å². The van der Waals surface area contributed by atoms with Crippen LogP contribution in [0.3, 0.4) is 0 Å². The molecule has 1 N–H and O–H groups in total. The summed E-state index contributed by atoms with van der Waals surface area (Å²) in [4.78, 5) is 4.13. The molecule has 0 spiro atoms. The van der Waals surface area contributed by atoms with Gasteiger partial charge in [-0.05, 0) is 19.1 Å². The molecule has 0 saturated heterocycles. The van der Waals surface area contributed by atoms with Crippen LogP contribution in [-0.4, -0.2) is 12.0 Å². The molecule has 1 rings (SSSR count). The average Bonchev–Trinajstić information content (AvgIpc) is 2.04. The number of aromatic nitrogens is 1. The van der Waals surface area contributed by atoms with Gasteiger partial charge in [-0.1, -0.05) is 0 Å². The smallest absolute Gasteiger partial charge is 0.143 e. The van der Waals surface area contributed by atoms with Gasteiger partial charge in [-0.15, -0.1) is 0 Å². The summed E-state index contributed by atoms with van der Waals surface area (Å²) in [5.74, 6) is 0.646. The number of nitrogens with one attached hydrogen (secondary N) is 1. The molecule has 1 heterocycles. The molecule has 0 aliphatic heterocycles. The van der Waals surface area contributed by atoms with Gasteiger partial charge in [0.15, 0.2) is 0 Å². The zero-order valence-corrected chi connectivity index (χ0v) is 6.55. The molecule has 0 saturated carbocycles. The van der Waals surface area contributed by atoms with Crippen molar-refractivity contribution in [2.24, 2.45) is 0 Å². The van der Waals surface area contributed by atoms with E-state index in [1.165, 1.54) is 0 Å². The zero-order valence-electron chi connectivity index (χ0n) is 6.55. The number of nitrogens with zero attached hydrogens (tertiary/aromatic N) is 2. The second-order valence-electron chi connectivity index (χ2n) is 2.21. The molecule has 0 aliphatic carbocycles. The van der Waals surface area contributed by atoms with Crippen molar-refractivity contribution in [2.45, 2.75) is 6.92 Å². The molecule has 3 heteroatoms. The molecule has 11 heavy (non-hydrogen) atoms. The highest BCUT2D eigenvalue weighted by Gasteiger charge is 1.99. The van der Waals surface area contributed by atoms with Crippen LogP contribution in [0.15, 0.2) is 12.1 Å². The Kier molecular flexibility index (Phi) is 2.07. The van der Waals surface area contributed by atoms with Crippen molar-refractivity contribution in [2.75, 3.05) is 12.4 Å². The van der Waals surface area contributed by atoms with Gasteiger partial charge in [0, 0.05) is 12.7 Å². The lowest BCUT2D eigenvalue weighted by atomic mass is 10.2. The summed E-state index contributed by atoms with van der Waals surface area (Å²) in [7, 11) is 1.75. The fourth-order valence-electron chi connectivity index (χ4n) is 0.838. The predicted molar refractivity (Wildman–Crippen MR) is 43.2 cm³/mol. The van der Waals surface area contributed by atoms with Crippen LogP contribution in [0.5, 0.6) is 0 Å². The lowest BCUT2D eigenvalue weighted by Gasteiger charge is -2.01. The van der Waals surface area contributed by atoms with E-state index in [0.717, 1.165) is 5.69 Å². The van der Waals surface area contributed by atoms with Crippen LogP contribution in [0.4, 0.5) is 5.82 Å². The molecule has 1 aromatic rings. The first kappa shape index (κ1) is 7.55. The highest BCUT2D eigenvalue weighted by molar-refractivity contribution is 5.51. The SMILES string of the molecule is CNc1nc(C)ccc1C#N. The van der Waals surface area contributed by atoms with E-state index in [0.29, 0.717) is 11.4 Å². The molecule has 0 fully saturated rings. The highest BCUT2D eigenvalue weighted by Crippen LogP contribution is 2.10. The van der Waals surface area contributed by atoms with Crippen LogP contribution in [0.25, 0.3) is 0 Å². The summed E-state index contributed by atoms with van der Waals surface area (Å²) in [5, 5.41) is 11.5. The van der Waals surface area contributed by atoms with Crippen molar-refractivity contribution in [3.8, 4) is 6.07 Å². The van der Waals surface area contributed by atoms with Crippen molar-refractivity contribution in [1.29, 1.82) is 5.26 Å². The Labute approximate surface area is 65.7 Å². The molecule has 3 nitrogen and oxygen atoms in total. The van der Waals surface area contributed by atoms with Crippen molar-refractivity contribution in [1.82, 2.24) is 4.98 Å². The third kappa shape index (κ3) is 1.47. The highest BCUT2D eigenvalue weighted by atomic mass is 15.0. The van der Waals surface area contributed by atoms with E-state index >= 15 is 0 Å². The summed E-state index contributed by atoms with van der Waals surface area (Å²) in [6, 6.07) is 5.63. The minimum atomic E-state index is 0.582. The van der Waals surface area contributed by atoms with E-state index in [1.54, 1.807) is 13.1 Å². The van der Waals surface area contributed by atoms with Crippen LogP contribution < -0.4 is 5.32 Å². The monoisotopic (exact) mass is 147 g/mol. The van der Waals surface area contributed by atoms with Gasteiger partial charge in [0.05, 0.1) is 5.56 Å². The Bertz CT molecular complexity index is 299. The van der Waals surface area contributed by atoms with Crippen LogP contribution in [0.2, 0.25) is 0 Å². The van der Waals surface area contributed by atoms with Crippen molar-refractivity contribution in [3.05, 3.63) is 23.4 Å². The van der Waals surface area contributed by atoms with E-state index in [-0.39, 0.29) is 0 Å². The van der Waals surface area contributed by atoms with Gasteiger partial charge in [0.25, 0.3) is 0 Å². The molecule has 1 aromatic heterocycles. The first-order chi connectivity index (χ1) is 5.27. The largest absolute Gasteiger partial charge is 0.372 e. The number of nitriles is 1. The van der Waals surface area contributed by atoms with Gasteiger partial charge in [-0.2, -0.15) is 5.26 Å². The Morgan fingerprint density at radius 1 is 1.55 bits per heavy atom. The summed E-state index contributed by atoms with van der Waals surface area (Å²) < 4.78 is 0. The molecule has 56 valence electrons. The van der Waals surface area contributed by atoms with Gasteiger partial charge in [-0.3, -0.25) is 0 Å². The number of pyridine rings is 1. The van der Waals surface area contributed by atoms with Crippen molar-refractivity contribution < 1.29 is 0 Å². The van der Waals surface area contributed by atoms with E-state index in [4.69, 9.17) is 5.26 Å².